The van der Waals surface area contributed by atoms with Gasteiger partial charge in [0.2, 0.25) is 0 Å². The molecule has 0 saturated carbocycles. The van der Waals surface area contributed by atoms with Crippen LogP contribution in [0.2, 0.25) is 0 Å². The predicted octanol–water partition coefficient (Wildman–Crippen LogP) is 1.60. The summed E-state index contributed by atoms with van der Waals surface area (Å²) in [4.78, 5) is 8.52. The van der Waals surface area contributed by atoms with Gasteiger partial charge in [0.05, 0.1) is 17.1 Å². The lowest BCUT2D eigenvalue weighted by Gasteiger charge is -2.03. The van der Waals surface area contributed by atoms with Gasteiger partial charge in [-0.05, 0) is 37.7 Å². The van der Waals surface area contributed by atoms with Crippen molar-refractivity contribution in [2.24, 2.45) is 5.73 Å². The third kappa shape index (κ3) is 2.08. The molecule has 0 aliphatic rings. The molecule has 0 saturated heterocycles. The quantitative estimate of drug-likeness (QED) is 0.769. The fourth-order valence-electron chi connectivity index (χ4n) is 2.19. The van der Waals surface area contributed by atoms with Crippen molar-refractivity contribution in [2.45, 2.75) is 13.3 Å². The van der Waals surface area contributed by atoms with Crippen molar-refractivity contribution in [3.05, 3.63) is 48.0 Å². The summed E-state index contributed by atoms with van der Waals surface area (Å²) in [7, 11) is 0. The van der Waals surface area contributed by atoms with Crippen LogP contribution in [0.1, 0.15) is 11.4 Å². The van der Waals surface area contributed by atoms with Crippen LogP contribution in [0.15, 0.2) is 36.7 Å². The van der Waals surface area contributed by atoms with Crippen molar-refractivity contribution < 1.29 is 0 Å². The highest BCUT2D eigenvalue weighted by Crippen LogP contribution is 2.18. The molecule has 96 valence electrons. The van der Waals surface area contributed by atoms with E-state index in [0.29, 0.717) is 6.54 Å². The Morgan fingerprint density at radius 1 is 1.16 bits per heavy atom. The summed E-state index contributed by atoms with van der Waals surface area (Å²) in [5.41, 5.74) is 10.5. The van der Waals surface area contributed by atoms with Gasteiger partial charge in [-0.1, -0.05) is 0 Å². The molecule has 0 radical (unpaired) electrons. The SMILES string of the molecule is Cc1nc2ccc(-c3ccncc3)nn2c1CCN. The fourth-order valence-corrected chi connectivity index (χ4v) is 2.19. The maximum Gasteiger partial charge on any atom is 0.154 e. The van der Waals surface area contributed by atoms with Crippen molar-refractivity contribution >= 4 is 5.65 Å². The zero-order chi connectivity index (χ0) is 13.2. The first-order valence-corrected chi connectivity index (χ1v) is 6.25. The van der Waals surface area contributed by atoms with Gasteiger partial charge in [0.25, 0.3) is 0 Å². The zero-order valence-corrected chi connectivity index (χ0v) is 10.7. The number of fused-ring (bicyclic) bond motifs is 1. The van der Waals surface area contributed by atoms with Crippen molar-refractivity contribution in [1.82, 2.24) is 19.6 Å². The molecule has 3 aromatic rings. The molecule has 3 rings (SSSR count). The van der Waals surface area contributed by atoms with E-state index in [1.165, 1.54) is 0 Å². The van der Waals surface area contributed by atoms with Crippen molar-refractivity contribution in [2.75, 3.05) is 6.54 Å². The number of aromatic nitrogens is 4. The van der Waals surface area contributed by atoms with Gasteiger partial charge in [-0.3, -0.25) is 4.98 Å². The Balaban J connectivity index is 2.17. The van der Waals surface area contributed by atoms with Gasteiger partial charge in [-0.15, -0.1) is 0 Å². The molecule has 19 heavy (non-hydrogen) atoms. The fraction of sp³-hybridized carbons (Fsp3) is 0.214. The lowest BCUT2D eigenvalue weighted by atomic mass is 10.2. The van der Waals surface area contributed by atoms with Crippen LogP contribution >= 0.6 is 0 Å². The van der Waals surface area contributed by atoms with Crippen molar-refractivity contribution in [3.63, 3.8) is 0 Å². The summed E-state index contributed by atoms with van der Waals surface area (Å²) in [5, 5.41) is 4.66. The van der Waals surface area contributed by atoms with Crippen LogP contribution < -0.4 is 5.73 Å². The molecule has 0 aliphatic carbocycles. The number of aryl methyl sites for hydroxylation is 1. The highest BCUT2D eigenvalue weighted by molar-refractivity contribution is 5.59. The first-order chi connectivity index (χ1) is 9.29. The van der Waals surface area contributed by atoms with Crippen LogP contribution in [-0.2, 0) is 6.42 Å². The van der Waals surface area contributed by atoms with E-state index in [1.807, 2.05) is 35.7 Å². The van der Waals surface area contributed by atoms with E-state index in [0.717, 1.165) is 34.7 Å². The topological polar surface area (TPSA) is 69.1 Å². The molecule has 0 atom stereocenters. The summed E-state index contributed by atoms with van der Waals surface area (Å²) in [6, 6.07) is 7.85. The largest absolute Gasteiger partial charge is 0.330 e. The van der Waals surface area contributed by atoms with E-state index in [2.05, 4.69) is 15.1 Å². The van der Waals surface area contributed by atoms with Gasteiger partial charge in [-0.2, -0.15) is 5.10 Å². The van der Waals surface area contributed by atoms with Crippen molar-refractivity contribution in [1.29, 1.82) is 0 Å². The summed E-state index contributed by atoms with van der Waals surface area (Å²) >= 11 is 0. The van der Waals surface area contributed by atoms with Crippen LogP contribution in [0.3, 0.4) is 0 Å². The molecule has 5 heteroatoms. The maximum absolute atomic E-state index is 5.65. The first kappa shape index (κ1) is 11.8. The van der Waals surface area contributed by atoms with Crippen LogP contribution in [-0.4, -0.2) is 26.1 Å². The second kappa shape index (κ2) is 4.78. The average molecular weight is 253 g/mol. The number of rotatable bonds is 3. The molecule has 3 heterocycles. The minimum absolute atomic E-state index is 0.593. The maximum atomic E-state index is 5.65. The average Bonchev–Trinajstić information content (AvgIpc) is 2.76. The number of nitrogens with zero attached hydrogens (tertiary/aromatic N) is 4. The Kier molecular flexibility index (Phi) is 2.97. The molecule has 0 unspecified atom stereocenters. The first-order valence-electron chi connectivity index (χ1n) is 6.25. The molecule has 0 bridgehead atoms. The Morgan fingerprint density at radius 3 is 2.68 bits per heavy atom. The Bertz CT molecular complexity index is 702. The lowest BCUT2D eigenvalue weighted by molar-refractivity contribution is 0.823. The van der Waals surface area contributed by atoms with Crippen molar-refractivity contribution in [3.8, 4) is 11.3 Å². The monoisotopic (exact) mass is 253 g/mol. The van der Waals surface area contributed by atoms with Crippen LogP contribution in [0, 0.1) is 6.92 Å². The molecule has 5 nitrogen and oxygen atoms in total. The van der Waals surface area contributed by atoms with E-state index in [1.54, 1.807) is 12.4 Å². The van der Waals surface area contributed by atoms with E-state index < -0.39 is 0 Å². The minimum Gasteiger partial charge on any atom is -0.330 e. The molecule has 2 N–H and O–H groups in total. The summed E-state index contributed by atoms with van der Waals surface area (Å²) in [5.74, 6) is 0. The van der Waals surface area contributed by atoms with Gasteiger partial charge in [-0.25, -0.2) is 9.50 Å². The molecule has 0 fully saturated rings. The highest BCUT2D eigenvalue weighted by atomic mass is 15.3. The minimum atomic E-state index is 0.593. The van der Waals surface area contributed by atoms with E-state index >= 15 is 0 Å². The summed E-state index contributed by atoms with van der Waals surface area (Å²) in [6.45, 7) is 2.58. The lowest BCUT2D eigenvalue weighted by Crippen LogP contribution is -2.08. The molecule has 0 aromatic carbocycles. The molecular formula is C14H15N5. The smallest absolute Gasteiger partial charge is 0.154 e. The second-order valence-corrected chi connectivity index (χ2v) is 4.41. The predicted molar refractivity (Wildman–Crippen MR) is 73.7 cm³/mol. The molecular weight excluding hydrogens is 238 g/mol. The van der Waals surface area contributed by atoms with Gasteiger partial charge < -0.3 is 5.73 Å². The van der Waals surface area contributed by atoms with Crippen LogP contribution in [0.25, 0.3) is 16.9 Å². The Labute approximate surface area is 111 Å². The van der Waals surface area contributed by atoms with Gasteiger partial charge in [0.15, 0.2) is 5.65 Å². The standard InChI is InChI=1S/C14H15N5/c1-10-13(4-7-15)19-14(17-10)3-2-12(18-19)11-5-8-16-9-6-11/h2-3,5-6,8-9H,4,7,15H2,1H3. The van der Waals surface area contributed by atoms with Gasteiger partial charge in [0.1, 0.15) is 0 Å². The van der Waals surface area contributed by atoms with Gasteiger partial charge in [0, 0.05) is 24.4 Å². The number of nitrogens with two attached hydrogens (primary N) is 1. The van der Waals surface area contributed by atoms with E-state index in [4.69, 9.17) is 5.73 Å². The summed E-state index contributed by atoms with van der Waals surface area (Å²) < 4.78 is 1.89. The molecule has 0 aliphatic heterocycles. The normalized spacial score (nSPS) is 11.1. The van der Waals surface area contributed by atoms with E-state index in [-0.39, 0.29) is 0 Å². The zero-order valence-electron chi connectivity index (χ0n) is 10.7. The number of pyridine rings is 1. The molecule has 0 spiro atoms. The summed E-state index contributed by atoms with van der Waals surface area (Å²) in [6.07, 6.45) is 4.31. The van der Waals surface area contributed by atoms with E-state index in [9.17, 15) is 0 Å². The second-order valence-electron chi connectivity index (χ2n) is 4.41. The van der Waals surface area contributed by atoms with Crippen LogP contribution in [0.5, 0.6) is 0 Å². The number of imidazole rings is 1. The molecule has 3 aromatic heterocycles. The number of hydrogen-bond acceptors (Lipinski definition) is 4. The van der Waals surface area contributed by atoms with Crippen LogP contribution in [0.4, 0.5) is 0 Å². The third-order valence-corrected chi connectivity index (χ3v) is 3.13. The Hall–Kier alpha value is -2.27. The third-order valence-electron chi connectivity index (χ3n) is 3.13. The number of hydrogen-bond donors (Lipinski definition) is 1. The van der Waals surface area contributed by atoms with Gasteiger partial charge >= 0.3 is 0 Å². The Morgan fingerprint density at radius 2 is 1.95 bits per heavy atom. The molecule has 0 amide bonds. The highest BCUT2D eigenvalue weighted by Gasteiger charge is 2.10.